The lowest BCUT2D eigenvalue weighted by Crippen LogP contribution is -2.46. The molecule has 0 aromatic heterocycles. The number of carbonyl (C=O) groups is 1. The first-order chi connectivity index (χ1) is 12.6. The number of benzene rings is 1. The number of hydrogen-bond acceptors (Lipinski definition) is 4. The van der Waals surface area contributed by atoms with Crippen molar-refractivity contribution in [3.05, 3.63) is 29.3 Å². The van der Waals surface area contributed by atoms with Gasteiger partial charge in [-0.25, -0.2) is 0 Å². The lowest BCUT2D eigenvalue weighted by atomic mass is 9.72. The first kappa shape index (κ1) is 20.4. The highest BCUT2D eigenvalue weighted by Crippen LogP contribution is 2.37. The molecule has 0 spiro atoms. The highest BCUT2D eigenvalue weighted by molar-refractivity contribution is 6.62. The third-order valence-electron chi connectivity index (χ3n) is 6.37. The van der Waals surface area contributed by atoms with Crippen LogP contribution in [0.3, 0.4) is 0 Å². The molecule has 5 nitrogen and oxygen atoms in total. The third-order valence-corrected chi connectivity index (χ3v) is 6.37. The van der Waals surface area contributed by atoms with Gasteiger partial charge in [-0.05, 0) is 63.7 Å². The van der Waals surface area contributed by atoms with Crippen molar-refractivity contribution in [2.75, 3.05) is 19.6 Å². The molecule has 2 aliphatic heterocycles. The van der Waals surface area contributed by atoms with Gasteiger partial charge in [-0.15, -0.1) is 0 Å². The average molecular weight is 373 g/mol. The van der Waals surface area contributed by atoms with Crippen LogP contribution < -0.4 is 5.46 Å². The molecule has 2 aliphatic rings. The fourth-order valence-electron chi connectivity index (χ4n) is 4.01. The summed E-state index contributed by atoms with van der Waals surface area (Å²) in [5, 5.41) is 8.78. The van der Waals surface area contributed by atoms with Crippen molar-refractivity contribution in [1.82, 2.24) is 4.90 Å². The van der Waals surface area contributed by atoms with E-state index in [0.717, 1.165) is 37.9 Å². The van der Waals surface area contributed by atoms with Crippen molar-refractivity contribution >= 4 is 18.6 Å². The number of nitrogens with zero attached hydrogens (tertiary/aromatic N) is 1. The molecule has 1 aromatic rings. The van der Waals surface area contributed by atoms with Crippen LogP contribution in [-0.2, 0) is 20.5 Å². The van der Waals surface area contributed by atoms with Gasteiger partial charge in [0.2, 0.25) is 0 Å². The van der Waals surface area contributed by atoms with E-state index >= 15 is 0 Å². The number of carboxylic acid groups (broad SMARTS) is 1. The second-order valence-electron chi connectivity index (χ2n) is 8.81. The van der Waals surface area contributed by atoms with E-state index in [1.807, 2.05) is 0 Å². The standard InChI is InChI=1S/C21H32BNO4/c1-6-16-17(15-13-23(14-15)12-8-11-19(24)25)9-7-10-18(16)22-26-20(2,3)21(4,5)27-22/h7,9-10,15H,6,8,11-14H2,1-5H3,(H,24,25). The Morgan fingerprint density at radius 2 is 1.85 bits per heavy atom. The zero-order chi connectivity index (χ0) is 19.8. The molecule has 0 atom stereocenters. The van der Waals surface area contributed by atoms with Crippen molar-refractivity contribution in [3.63, 3.8) is 0 Å². The zero-order valence-electron chi connectivity index (χ0n) is 17.2. The molecule has 0 bridgehead atoms. The minimum Gasteiger partial charge on any atom is -0.481 e. The molecule has 1 aromatic carbocycles. The largest absolute Gasteiger partial charge is 0.495 e. The first-order valence-electron chi connectivity index (χ1n) is 10.1. The van der Waals surface area contributed by atoms with Crippen LogP contribution >= 0.6 is 0 Å². The fourth-order valence-corrected chi connectivity index (χ4v) is 4.01. The first-order valence-corrected chi connectivity index (χ1v) is 10.1. The maximum atomic E-state index is 10.7. The molecule has 2 heterocycles. The summed E-state index contributed by atoms with van der Waals surface area (Å²) >= 11 is 0. The van der Waals surface area contributed by atoms with Gasteiger partial charge in [0, 0.05) is 25.4 Å². The van der Waals surface area contributed by atoms with Crippen LogP contribution in [0.25, 0.3) is 0 Å². The molecule has 0 aliphatic carbocycles. The number of hydrogen-bond donors (Lipinski definition) is 1. The molecule has 0 saturated carbocycles. The van der Waals surface area contributed by atoms with Gasteiger partial charge in [-0.2, -0.15) is 0 Å². The third kappa shape index (κ3) is 4.08. The Morgan fingerprint density at radius 3 is 2.41 bits per heavy atom. The molecule has 0 unspecified atom stereocenters. The van der Waals surface area contributed by atoms with Crippen molar-refractivity contribution in [2.24, 2.45) is 0 Å². The van der Waals surface area contributed by atoms with Crippen LogP contribution in [0.1, 0.15) is 64.5 Å². The maximum absolute atomic E-state index is 10.7. The van der Waals surface area contributed by atoms with Crippen LogP contribution in [0.4, 0.5) is 0 Å². The van der Waals surface area contributed by atoms with Gasteiger partial charge in [-0.1, -0.05) is 25.1 Å². The Morgan fingerprint density at radius 1 is 1.22 bits per heavy atom. The van der Waals surface area contributed by atoms with E-state index in [-0.39, 0.29) is 24.7 Å². The van der Waals surface area contributed by atoms with Crippen LogP contribution in [0.5, 0.6) is 0 Å². The van der Waals surface area contributed by atoms with E-state index in [9.17, 15) is 4.79 Å². The molecule has 6 heteroatoms. The highest BCUT2D eigenvalue weighted by atomic mass is 16.7. The highest BCUT2D eigenvalue weighted by Gasteiger charge is 2.52. The van der Waals surface area contributed by atoms with E-state index < -0.39 is 5.97 Å². The summed E-state index contributed by atoms with van der Waals surface area (Å²) < 4.78 is 12.6. The van der Waals surface area contributed by atoms with Gasteiger partial charge in [0.1, 0.15) is 0 Å². The minimum atomic E-state index is -0.713. The summed E-state index contributed by atoms with van der Waals surface area (Å²) in [6.45, 7) is 13.4. The lowest BCUT2D eigenvalue weighted by Gasteiger charge is -2.40. The van der Waals surface area contributed by atoms with Crippen LogP contribution in [-0.4, -0.2) is 53.9 Å². The lowest BCUT2D eigenvalue weighted by molar-refractivity contribution is -0.137. The zero-order valence-corrected chi connectivity index (χ0v) is 17.2. The van der Waals surface area contributed by atoms with E-state index in [0.29, 0.717) is 5.92 Å². The van der Waals surface area contributed by atoms with Gasteiger partial charge in [0.05, 0.1) is 11.2 Å². The van der Waals surface area contributed by atoms with E-state index in [1.165, 1.54) is 11.1 Å². The predicted octanol–water partition coefficient (Wildman–Crippen LogP) is 2.81. The smallest absolute Gasteiger partial charge is 0.481 e. The monoisotopic (exact) mass is 373 g/mol. The minimum absolute atomic E-state index is 0.249. The summed E-state index contributed by atoms with van der Waals surface area (Å²) in [4.78, 5) is 13.0. The van der Waals surface area contributed by atoms with Gasteiger partial charge >= 0.3 is 13.1 Å². The van der Waals surface area contributed by atoms with Crippen molar-refractivity contribution in [2.45, 2.75) is 71.0 Å². The maximum Gasteiger partial charge on any atom is 0.495 e. The Hall–Kier alpha value is -1.37. The quantitative estimate of drug-likeness (QED) is 0.745. The van der Waals surface area contributed by atoms with Gasteiger partial charge in [0.15, 0.2) is 0 Å². The summed E-state index contributed by atoms with van der Waals surface area (Å²) in [5.41, 5.74) is 3.20. The molecule has 2 saturated heterocycles. The Balaban J connectivity index is 1.71. The number of aliphatic carboxylic acids is 1. The van der Waals surface area contributed by atoms with Crippen molar-refractivity contribution in [3.8, 4) is 0 Å². The van der Waals surface area contributed by atoms with Gasteiger partial charge in [0.25, 0.3) is 0 Å². The second-order valence-corrected chi connectivity index (χ2v) is 8.81. The van der Waals surface area contributed by atoms with E-state index in [4.69, 9.17) is 14.4 Å². The molecule has 148 valence electrons. The molecule has 3 rings (SSSR count). The Labute approximate surface area is 163 Å². The fraction of sp³-hybridized carbons (Fsp3) is 0.667. The predicted molar refractivity (Wildman–Crippen MR) is 108 cm³/mol. The van der Waals surface area contributed by atoms with E-state index in [1.54, 1.807) is 0 Å². The molecule has 0 radical (unpaired) electrons. The molecule has 0 amide bonds. The van der Waals surface area contributed by atoms with Crippen molar-refractivity contribution in [1.29, 1.82) is 0 Å². The number of rotatable bonds is 7. The number of likely N-dealkylation sites (tertiary alicyclic amines) is 1. The molecular weight excluding hydrogens is 341 g/mol. The summed E-state index contributed by atoms with van der Waals surface area (Å²) in [7, 11) is -0.323. The summed E-state index contributed by atoms with van der Waals surface area (Å²) in [6, 6.07) is 6.47. The Kier molecular flexibility index (Phi) is 5.71. The van der Waals surface area contributed by atoms with Gasteiger partial charge < -0.3 is 19.3 Å². The average Bonchev–Trinajstić information content (AvgIpc) is 2.76. The summed E-state index contributed by atoms with van der Waals surface area (Å²) in [5.74, 6) is -0.206. The Bertz CT molecular complexity index is 681. The van der Waals surface area contributed by atoms with E-state index in [2.05, 4.69) is 57.7 Å². The molecule has 2 fully saturated rings. The molecular formula is C21H32BNO4. The molecule has 27 heavy (non-hydrogen) atoms. The van der Waals surface area contributed by atoms with Crippen molar-refractivity contribution < 1.29 is 19.2 Å². The van der Waals surface area contributed by atoms with Crippen LogP contribution in [0.2, 0.25) is 0 Å². The van der Waals surface area contributed by atoms with Gasteiger partial charge in [-0.3, -0.25) is 4.79 Å². The van der Waals surface area contributed by atoms with Crippen LogP contribution in [0, 0.1) is 0 Å². The second kappa shape index (κ2) is 7.57. The SMILES string of the molecule is CCc1c(B2OC(C)(C)C(C)(C)O2)cccc1C1CN(CCCC(=O)O)C1. The van der Waals surface area contributed by atoms with Crippen LogP contribution in [0.15, 0.2) is 18.2 Å². The number of carboxylic acids is 1. The molecule has 1 N–H and O–H groups in total. The summed E-state index contributed by atoms with van der Waals surface area (Å²) in [6.07, 6.45) is 1.92. The normalized spacial score (nSPS) is 22.0. The topological polar surface area (TPSA) is 59.0 Å².